The summed E-state index contributed by atoms with van der Waals surface area (Å²) in [6, 6.07) is 0.791. The summed E-state index contributed by atoms with van der Waals surface area (Å²) < 4.78 is 0. The van der Waals surface area contributed by atoms with Gasteiger partial charge in [0.1, 0.15) is 6.54 Å². The molecular formula is C12H22N2O3. The van der Waals surface area contributed by atoms with Crippen molar-refractivity contribution in [1.82, 2.24) is 10.2 Å². The van der Waals surface area contributed by atoms with Crippen molar-refractivity contribution in [3.63, 3.8) is 0 Å². The van der Waals surface area contributed by atoms with Gasteiger partial charge < -0.3 is 10.4 Å². The van der Waals surface area contributed by atoms with Gasteiger partial charge in [-0.2, -0.15) is 0 Å². The zero-order valence-corrected chi connectivity index (χ0v) is 10.6. The van der Waals surface area contributed by atoms with E-state index in [2.05, 4.69) is 24.1 Å². The number of carboxylic acid groups (broad SMARTS) is 1. The molecule has 0 spiro atoms. The second-order valence-electron chi connectivity index (χ2n) is 4.87. The van der Waals surface area contributed by atoms with Crippen LogP contribution in [0.3, 0.4) is 0 Å². The van der Waals surface area contributed by atoms with Gasteiger partial charge in [-0.25, -0.2) is 0 Å². The number of nitrogens with zero attached hydrogens (tertiary/aromatic N) is 1. The van der Waals surface area contributed by atoms with E-state index in [0.717, 1.165) is 12.8 Å². The van der Waals surface area contributed by atoms with E-state index in [0.29, 0.717) is 18.6 Å². The number of carbonyl (C=O) groups excluding carboxylic acids is 1. The lowest BCUT2D eigenvalue weighted by Gasteiger charge is -2.31. The highest BCUT2D eigenvalue weighted by atomic mass is 16.4. The van der Waals surface area contributed by atoms with Crippen molar-refractivity contribution < 1.29 is 14.7 Å². The van der Waals surface area contributed by atoms with E-state index >= 15 is 0 Å². The second-order valence-corrected chi connectivity index (χ2v) is 4.87. The van der Waals surface area contributed by atoms with Gasteiger partial charge in [0.15, 0.2) is 0 Å². The van der Waals surface area contributed by atoms with Crippen molar-refractivity contribution in [1.29, 1.82) is 0 Å². The van der Waals surface area contributed by atoms with Crippen molar-refractivity contribution >= 4 is 11.9 Å². The van der Waals surface area contributed by atoms with Gasteiger partial charge in [0.05, 0.1) is 6.54 Å². The monoisotopic (exact) mass is 242 g/mol. The third-order valence-electron chi connectivity index (χ3n) is 3.22. The van der Waals surface area contributed by atoms with Crippen LogP contribution in [0.4, 0.5) is 0 Å². The Kier molecular flexibility index (Phi) is 5.41. The summed E-state index contributed by atoms with van der Waals surface area (Å²) >= 11 is 0. The van der Waals surface area contributed by atoms with E-state index in [-0.39, 0.29) is 12.5 Å². The van der Waals surface area contributed by atoms with Gasteiger partial charge in [0.2, 0.25) is 5.91 Å². The summed E-state index contributed by atoms with van der Waals surface area (Å²) in [4.78, 5) is 24.1. The molecule has 1 aliphatic carbocycles. The third-order valence-corrected chi connectivity index (χ3v) is 3.22. The van der Waals surface area contributed by atoms with Crippen LogP contribution in [-0.2, 0) is 9.59 Å². The average Bonchev–Trinajstić information content (AvgIpc) is 2.75. The van der Waals surface area contributed by atoms with Crippen LogP contribution in [0.2, 0.25) is 0 Å². The van der Waals surface area contributed by atoms with E-state index in [1.807, 2.05) is 0 Å². The average molecular weight is 242 g/mol. The van der Waals surface area contributed by atoms with Crippen LogP contribution >= 0.6 is 0 Å². The molecule has 0 aromatic rings. The molecule has 0 heterocycles. The number of aliphatic carboxylic acids is 1. The Labute approximate surface area is 102 Å². The van der Waals surface area contributed by atoms with Crippen LogP contribution in [0.5, 0.6) is 0 Å². The fraction of sp³-hybridized carbons (Fsp3) is 0.833. The van der Waals surface area contributed by atoms with Crippen molar-refractivity contribution in [2.75, 3.05) is 13.1 Å². The van der Waals surface area contributed by atoms with Gasteiger partial charge in [-0.1, -0.05) is 12.8 Å². The molecular weight excluding hydrogens is 220 g/mol. The van der Waals surface area contributed by atoms with Crippen molar-refractivity contribution in [2.45, 2.75) is 51.6 Å². The van der Waals surface area contributed by atoms with Gasteiger partial charge in [0, 0.05) is 12.1 Å². The molecule has 1 fully saturated rings. The molecule has 0 radical (unpaired) electrons. The van der Waals surface area contributed by atoms with E-state index in [4.69, 9.17) is 5.11 Å². The largest absolute Gasteiger partial charge is 0.480 e. The number of carbonyl (C=O) groups is 2. The van der Waals surface area contributed by atoms with Crippen LogP contribution < -0.4 is 5.32 Å². The van der Waals surface area contributed by atoms with Crippen molar-refractivity contribution in [3.8, 4) is 0 Å². The highest BCUT2D eigenvalue weighted by molar-refractivity contribution is 5.82. The molecule has 98 valence electrons. The molecule has 0 aliphatic heterocycles. The zero-order valence-electron chi connectivity index (χ0n) is 10.6. The molecule has 0 saturated heterocycles. The number of nitrogens with one attached hydrogen (secondary N) is 1. The molecule has 5 heteroatoms. The molecule has 1 amide bonds. The lowest BCUT2D eigenvalue weighted by molar-refractivity contribution is -0.138. The molecule has 5 nitrogen and oxygen atoms in total. The summed E-state index contributed by atoms with van der Waals surface area (Å²) in [6.07, 6.45) is 4.74. The Morgan fingerprint density at radius 2 is 1.94 bits per heavy atom. The minimum Gasteiger partial charge on any atom is -0.480 e. The highest BCUT2D eigenvalue weighted by Crippen LogP contribution is 2.24. The Balaban J connectivity index is 2.43. The molecule has 17 heavy (non-hydrogen) atoms. The molecule has 0 unspecified atom stereocenters. The Morgan fingerprint density at radius 3 is 2.41 bits per heavy atom. The maximum atomic E-state index is 11.6. The summed E-state index contributed by atoms with van der Waals surface area (Å²) in [6.45, 7) is 4.15. The Hall–Kier alpha value is -1.10. The van der Waals surface area contributed by atoms with E-state index in [1.165, 1.54) is 12.8 Å². The molecule has 0 aromatic heterocycles. The van der Waals surface area contributed by atoms with Gasteiger partial charge in [-0.15, -0.1) is 0 Å². The highest BCUT2D eigenvalue weighted by Gasteiger charge is 2.26. The lowest BCUT2D eigenvalue weighted by Crippen LogP contribution is -2.46. The topological polar surface area (TPSA) is 69.6 Å². The summed E-state index contributed by atoms with van der Waals surface area (Å²) in [5, 5.41) is 10.9. The molecule has 1 aliphatic rings. The second kappa shape index (κ2) is 6.59. The van der Waals surface area contributed by atoms with E-state index in [1.54, 1.807) is 0 Å². The Bertz CT molecular complexity index is 273. The quantitative estimate of drug-likeness (QED) is 0.724. The Morgan fingerprint density at radius 1 is 1.35 bits per heavy atom. The molecule has 2 N–H and O–H groups in total. The first-order valence-electron chi connectivity index (χ1n) is 6.25. The maximum absolute atomic E-state index is 11.6. The number of amides is 1. The molecule has 0 atom stereocenters. The number of hydrogen-bond acceptors (Lipinski definition) is 3. The fourth-order valence-electron chi connectivity index (χ4n) is 2.37. The van der Waals surface area contributed by atoms with Gasteiger partial charge >= 0.3 is 5.97 Å². The van der Waals surface area contributed by atoms with E-state index < -0.39 is 5.97 Å². The van der Waals surface area contributed by atoms with Crippen molar-refractivity contribution in [3.05, 3.63) is 0 Å². The van der Waals surface area contributed by atoms with Crippen LogP contribution in [0.15, 0.2) is 0 Å². The molecule has 0 bridgehead atoms. The summed E-state index contributed by atoms with van der Waals surface area (Å²) in [5.74, 6) is -1.21. The first-order chi connectivity index (χ1) is 8.00. The predicted octanol–water partition coefficient (Wildman–Crippen LogP) is 0.840. The third kappa shape index (κ3) is 4.73. The minimum absolute atomic E-state index is 0.201. The standard InChI is InChI=1S/C12H22N2O3/c1-9(2)14(10-5-3-4-6-10)8-11(15)13-7-12(16)17/h9-10H,3-8H2,1-2H3,(H,13,15)(H,16,17). The maximum Gasteiger partial charge on any atom is 0.322 e. The number of rotatable bonds is 6. The van der Waals surface area contributed by atoms with Gasteiger partial charge in [0.25, 0.3) is 0 Å². The molecule has 0 aromatic carbocycles. The zero-order chi connectivity index (χ0) is 12.8. The fourth-order valence-corrected chi connectivity index (χ4v) is 2.37. The van der Waals surface area contributed by atoms with Gasteiger partial charge in [-0.3, -0.25) is 14.5 Å². The molecule has 1 saturated carbocycles. The van der Waals surface area contributed by atoms with Crippen LogP contribution in [0.25, 0.3) is 0 Å². The molecule has 1 rings (SSSR count). The van der Waals surface area contributed by atoms with Crippen LogP contribution in [-0.4, -0.2) is 47.1 Å². The van der Waals surface area contributed by atoms with Gasteiger partial charge in [-0.05, 0) is 26.7 Å². The van der Waals surface area contributed by atoms with Crippen LogP contribution in [0, 0.1) is 0 Å². The first-order valence-corrected chi connectivity index (χ1v) is 6.25. The normalized spacial score (nSPS) is 16.7. The van der Waals surface area contributed by atoms with E-state index in [9.17, 15) is 9.59 Å². The smallest absolute Gasteiger partial charge is 0.322 e. The minimum atomic E-state index is -1.00. The summed E-state index contributed by atoms with van der Waals surface area (Å²) in [7, 11) is 0. The first kappa shape index (κ1) is 14.0. The number of hydrogen-bond donors (Lipinski definition) is 2. The van der Waals surface area contributed by atoms with Crippen LogP contribution in [0.1, 0.15) is 39.5 Å². The lowest BCUT2D eigenvalue weighted by atomic mass is 10.1. The number of carboxylic acids is 1. The van der Waals surface area contributed by atoms with Crippen molar-refractivity contribution in [2.24, 2.45) is 0 Å². The predicted molar refractivity (Wildman–Crippen MR) is 64.7 cm³/mol. The summed E-state index contributed by atoms with van der Waals surface area (Å²) in [5.41, 5.74) is 0. The SMILES string of the molecule is CC(C)N(CC(=O)NCC(=O)O)C1CCCC1.